The van der Waals surface area contributed by atoms with Crippen LogP contribution in [0.5, 0.6) is 0 Å². The van der Waals surface area contributed by atoms with E-state index in [1.54, 1.807) is 6.07 Å². The Morgan fingerprint density at radius 3 is 2.57 bits per heavy atom. The first-order valence-corrected chi connectivity index (χ1v) is 11.6. The Morgan fingerprint density at radius 1 is 1.07 bits per heavy atom. The van der Waals surface area contributed by atoms with Crippen molar-refractivity contribution in [2.75, 3.05) is 19.6 Å². The van der Waals surface area contributed by atoms with Crippen molar-refractivity contribution in [2.45, 2.75) is 55.9 Å². The van der Waals surface area contributed by atoms with Gasteiger partial charge in [-0.15, -0.1) is 0 Å². The molecule has 2 heterocycles. The highest BCUT2D eigenvalue weighted by Crippen LogP contribution is 2.28. The van der Waals surface area contributed by atoms with Crippen molar-refractivity contribution in [2.24, 2.45) is 5.92 Å². The average Bonchev–Trinajstić information content (AvgIpc) is 3.17. The molecule has 1 unspecified atom stereocenters. The predicted octanol–water partition coefficient (Wildman–Crippen LogP) is 0.971. The molecule has 7 nitrogen and oxygen atoms in total. The van der Waals surface area contributed by atoms with E-state index in [0.717, 1.165) is 31.2 Å². The minimum atomic E-state index is -3.53. The molecule has 1 atom stereocenters. The largest absolute Gasteiger partial charge is 0.354 e. The van der Waals surface area contributed by atoms with E-state index in [0.29, 0.717) is 43.8 Å². The van der Waals surface area contributed by atoms with E-state index in [4.69, 9.17) is 0 Å². The lowest BCUT2D eigenvalue weighted by molar-refractivity contribution is -0.132. The van der Waals surface area contributed by atoms with Gasteiger partial charge in [0.1, 0.15) is 6.04 Å². The van der Waals surface area contributed by atoms with Gasteiger partial charge in [-0.2, -0.15) is 4.31 Å². The van der Waals surface area contributed by atoms with E-state index in [9.17, 15) is 18.0 Å². The first-order chi connectivity index (χ1) is 13.4. The number of carbonyl (C=O) groups excluding carboxylic acids is 2. The van der Waals surface area contributed by atoms with Crippen LogP contribution in [0.3, 0.4) is 0 Å². The first-order valence-electron chi connectivity index (χ1n) is 10.2. The molecule has 0 bridgehead atoms. The molecule has 4 rings (SSSR count). The number of sulfonamides is 1. The van der Waals surface area contributed by atoms with Crippen LogP contribution in [-0.2, 0) is 32.5 Å². The Kier molecular flexibility index (Phi) is 5.42. The highest BCUT2D eigenvalue weighted by Gasteiger charge is 2.34. The van der Waals surface area contributed by atoms with Crippen molar-refractivity contribution in [3.63, 3.8) is 0 Å². The quantitative estimate of drug-likeness (QED) is 0.780. The minimum Gasteiger partial charge on any atom is -0.354 e. The summed E-state index contributed by atoms with van der Waals surface area (Å²) < 4.78 is 27.5. The maximum atomic E-state index is 13.0. The molecule has 0 spiro atoms. The zero-order chi connectivity index (χ0) is 19.7. The fraction of sp³-hybridized carbons (Fsp3) is 0.600. The molecule has 8 heteroatoms. The standard InChI is InChI=1S/C20H27N3O4S/c24-19(22-18-5-2-10-21-20(18)25)15-8-11-23(12-9-15)28(26,27)17-7-6-14-3-1-4-16(14)13-17/h6-7,13,15,18H,1-5,8-12H2,(H,21,25)(H,22,24). The Balaban J connectivity index is 1.36. The second-order valence-electron chi connectivity index (χ2n) is 7.96. The van der Waals surface area contributed by atoms with Crippen LogP contribution in [0, 0.1) is 5.92 Å². The van der Waals surface area contributed by atoms with Crippen LogP contribution in [0.1, 0.15) is 43.2 Å². The number of fused-ring (bicyclic) bond motifs is 1. The zero-order valence-corrected chi connectivity index (χ0v) is 16.8. The van der Waals surface area contributed by atoms with Gasteiger partial charge in [-0.25, -0.2) is 8.42 Å². The first kappa shape index (κ1) is 19.4. The smallest absolute Gasteiger partial charge is 0.243 e. The third-order valence-corrected chi connectivity index (χ3v) is 8.03. The molecule has 1 aliphatic carbocycles. The molecule has 2 aliphatic heterocycles. The topological polar surface area (TPSA) is 95.6 Å². The van der Waals surface area contributed by atoms with Crippen molar-refractivity contribution in [1.29, 1.82) is 0 Å². The van der Waals surface area contributed by atoms with E-state index < -0.39 is 16.1 Å². The van der Waals surface area contributed by atoms with E-state index in [1.165, 1.54) is 9.87 Å². The molecule has 2 amide bonds. The third kappa shape index (κ3) is 3.80. The van der Waals surface area contributed by atoms with Gasteiger partial charge < -0.3 is 10.6 Å². The SMILES string of the molecule is O=C(NC1CCCNC1=O)C1CCN(S(=O)(=O)c2ccc3c(c2)CCC3)CC1. The molecule has 0 saturated carbocycles. The van der Waals surface area contributed by atoms with Gasteiger partial charge in [0.05, 0.1) is 4.90 Å². The van der Waals surface area contributed by atoms with Crippen molar-refractivity contribution in [3.8, 4) is 0 Å². The van der Waals surface area contributed by atoms with Gasteiger partial charge in [0.15, 0.2) is 0 Å². The number of carbonyl (C=O) groups is 2. The lowest BCUT2D eigenvalue weighted by atomic mass is 9.96. The summed E-state index contributed by atoms with van der Waals surface area (Å²) in [6.45, 7) is 1.31. The van der Waals surface area contributed by atoms with Crippen LogP contribution in [0.25, 0.3) is 0 Å². The molecular weight excluding hydrogens is 378 g/mol. The van der Waals surface area contributed by atoms with Gasteiger partial charge >= 0.3 is 0 Å². The van der Waals surface area contributed by atoms with Crippen molar-refractivity contribution in [3.05, 3.63) is 29.3 Å². The molecule has 0 radical (unpaired) electrons. The third-order valence-electron chi connectivity index (χ3n) is 6.13. The number of amides is 2. The summed E-state index contributed by atoms with van der Waals surface area (Å²) in [6.07, 6.45) is 5.51. The van der Waals surface area contributed by atoms with Crippen molar-refractivity contribution in [1.82, 2.24) is 14.9 Å². The summed E-state index contributed by atoms with van der Waals surface area (Å²) in [4.78, 5) is 24.7. The van der Waals surface area contributed by atoms with Crippen molar-refractivity contribution < 1.29 is 18.0 Å². The molecule has 2 N–H and O–H groups in total. The molecule has 2 saturated heterocycles. The lowest BCUT2D eigenvalue weighted by Crippen LogP contribution is -2.52. The molecule has 3 aliphatic rings. The van der Waals surface area contributed by atoms with E-state index in [1.807, 2.05) is 12.1 Å². The van der Waals surface area contributed by atoms with Gasteiger partial charge in [-0.05, 0) is 68.2 Å². The Morgan fingerprint density at radius 2 is 1.82 bits per heavy atom. The zero-order valence-electron chi connectivity index (χ0n) is 15.9. The summed E-state index contributed by atoms with van der Waals surface area (Å²) in [6, 6.07) is 5.00. The highest BCUT2D eigenvalue weighted by atomic mass is 32.2. The monoisotopic (exact) mass is 405 g/mol. The number of nitrogens with zero attached hydrogens (tertiary/aromatic N) is 1. The van der Waals surface area contributed by atoms with Crippen LogP contribution in [0.2, 0.25) is 0 Å². The number of hydrogen-bond acceptors (Lipinski definition) is 4. The Bertz CT molecular complexity index is 875. The maximum Gasteiger partial charge on any atom is 0.243 e. The Labute approximate surface area is 165 Å². The van der Waals surface area contributed by atoms with Crippen molar-refractivity contribution >= 4 is 21.8 Å². The lowest BCUT2D eigenvalue weighted by Gasteiger charge is -2.32. The van der Waals surface area contributed by atoms with Crippen LogP contribution in [-0.4, -0.2) is 50.2 Å². The van der Waals surface area contributed by atoms with E-state index in [2.05, 4.69) is 10.6 Å². The maximum absolute atomic E-state index is 13.0. The number of piperidine rings is 2. The number of hydrogen-bond donors (Lipinski definition) is 2. The average molecular weight is 406 g/mol. The summed E-state index contributed by atoms with van der Waals surface area (Å²) in [7, 11) is -3.53. The molecule has 0 aromatic heterocycles. The highest BCUT2D eigenvalue weighted by molar-refractivity contribution is 7.89. The van der Waals surface area contributed by atoms with Crippen LogP contribution < -0.4 is 10.6 Å². The van der Waals surface area contributed by atoms with Crippen LogP contribution >= 0.6 is 0 Å². The predicted molar refractivity (Wildman–Crippen MR) is 104 cm³/mol. The summed E-state index contributed by atoms with van der Waals surface area (Å²) >= 11 is 0. The molecule has 28 heavy (non-hydrogen) atoms. The summed E-state index contributed by atoms with van der Waals surface area (Å²) in [5, 5.41) is 5.59. The number of aryl methyl sites for hydroxylation is 2. The minimum absolute atomic E-state index is 0.128. The normalized spacial score (nSPS) is 23.9. The van der Waals surface area contributed by atoms with Crippen LogP contribution in [0.4, 0.5) is 0 Å². The fourth-order valence-corrected chi connectivity index (χ4v) is 5.94. The molecule has 1 aromatic carbocycles. The number of rotatable bonds is 4. The van der Waals surface area contributed by atoms with E-state index >= 15 is 0 Å². The molecule has 1 aromatic rings. The molecular formula is C20H27N3O4S. The van der Waals surface area contributed by atoms with Crippen LogP contribution in [0.15, 0.2) is 23.1 Å². The summed E-state index contributed by atoms with van der Waals surface area (Å²) in [5.41, 5.74) is 2.39. The fourth-order valence-electron chi connectivity index (χ4n) is 4.42. The molecule has 152 valence electrons. The van der Waals surface area contributed by atoms with E-state index in [-0.39, 0.29) is 17.7 Å². The Hall–Kier alpha value is -1.93. The van der Waals surface area contributed by atoms with Gasteiger partial charge in [0, 0.05) is 25.6 Å². The van der Waals surface area contributed by atoms with Gasteiger partial charge in [-0.3, -0.25) is 9.59 Å². The summed E-state index contributed by atoms with van der Waals surface area (Å²) in [5.74, 6) is -0.519. The van der Waals surface area contributed by atoms with Gasteiger partial charge in [0.2, 0.25) is 21.8 Å². The second kappa shape index (κ2) is 7.83. The second-order valence-corrected chi connectivity index (χ2v) is 9.89. The number of nitrogens with one attached hydrogen (secondary N) is 2. The molecule has 2 fully saturated rings. The van der Waals surface area contributed by atoms with Gasteiger partial charge in [-0.1, -0.05) is 6.07 Å². The number of benzene rings is 1. The van der Waals surface area contributed by atoms with Gasteiger partial charge in [0.25, 0.3) is 0 Å².